The van der Waals surface area contributed by atoms with E-state index in [1.165, 1.54) is 0 Å². The second-order valence-electron chi connectivity index (χ2n) is 6.20. The van der Waals surface area contributed by atoms with E-state index < -0.39 is 17.5 Å². The number of benzene rings is 2. The normalized spacial score (nSPS) is 32.4. The zero-order valence-electron chi connectivity index (χ0n) is 11.7. The van der Waals surface area contributed by atoms with Crippen LogP contribution >= 0.6 is 0 Å². The minimum atomic E-state index is -1.19. The van der Waals surface area contributed by atoms with Crippen molar-refractivity contribution in [1.82, 2.24) is 0 Å². The number of carboxylic acids is 1. The number of carbonyl (C=O) groups is 1. The Morgan fingerprint density at radius 2 is 1.38 bits per heavy atom. The van der Waals surface area contributed by atoms with Gasteiger partial charge in [0.15, 0.2) is 0 Å². The van der Waals surface area contributed by atoms with Crippen LogP contribution in [0.3, 0.4) is 0 Å². The first-order chi connectivity index (χ1) is 10.1. The molecule has 0 aliphatic heterocycles. The lowest BCUT2D eigenvalue weighted by molar-refractivity contribution is -0.159. The van der Waals surface area contributed by atoms with Gasteiger partial charge in [-0.15, -0.1) is 0 Å². The van der Waals surface area contributed by atoms with E-state index >= 15 is 0 Å². The summed E-state index contributed by atoms with van der Waals surface area (Å²) in [5, 5.41) is 20.6. The monoisotopic (exact) mass is 280 g/mol. The molecule has 3 heteroatoms. The summed E-state index contributed by atoms with van der Waals surface area (Å²) >= 11 is 0. The molecule has 0 heterocycles. The highest BCUT2D eigenvalue weighted by molar-refractivity contribution is 5.81. The first kappa shape index (κ1) is 12.6. The summed E-state index contributed by atoms with van der Waals surface area (Å²) in [4.78, 5) is 11.9. The van der Waals surface area contributed by atoms with Gasteiger partial charge in [0.1, 0.15) is 5.41 Å². The quantitative estimate of drug-likeness (QED) is 0.844. The van der Waals surface area contributed by atoms with Gasteiger partial charge in [0.25, 0.3) is 0 Å². The van der Waals surface area contributed by atoms with Crippen LogP contribution in [0, 0.1) is 5.41 Å². The maximum atomic E-state index is 11.9. The molecular weight excluding hydrogens is 264 g/mol. The summed E-state index contributed by atoms with van der Waals surface area (Å²) < 4.78 is 0. The van der Waals surface area contributed by atoms with E-state index in [4.69, 9.17) is 0 Å². The maximum Gasteiger partial charge on any atom is 0.313 e. The summed E-state index contributed by atoms with van der Waals surface area (Å²) in [5.74, 6) is -1.50. The van der Waals surface area contributed by atoms with Crippen molar-refractivity contribution in [2.24, 2.45) is 5.41 Å². The number of hydrogen-bond acceptors (Lipinski definition) is 2. The van der Waals surface area contributed by atoms with Gasteiger partial charge in [-0.2, -0.15) is 0 Å². The Kier molecular flexibility index (Phi) is 2.37. The third kappa shape index (κ3) is 1.34. The van der Waals surface area contributed by atoms with E-state index in [9.17, 15) is 15.0 Å². The predicted octanol–water partition coefficient (Wildman–Crippen LogP) is 2.73. The van der Waals surface area contributed by atoms with Crippen molar-refractivity contribution < 1.29 is 15.0 Å². The standard InChI is InChI=1S/C18H16O3/c1-18(17(20)21)15-12-8-4-2-6-10(12)14(16(18)19)11-7-3-5-9-13(11)15/h2-9,14-16,19H,1H3,(H,20,21). The number of aliphatic hydroxyl groups excluding tert-OH is 1. The molecule has 3 aliphatic carbocycles. The Bertz CT molecular complexity index is 704. The van der Waals surface area contributed by atoms with Crippen LogP contribution in [0.25, 0.3) is 0 Å². The molecule has 5 rings (SSSR count). The summed E-state index contributed by atoms with van der Waals surface area (Å²) in [5.41, 5.74) is 3.01. The Labute approximate surface area is 122 Å². The van der Waals surface area contributed by atoms with Crippen molar-refractivity contribution in [3.8, 4) is 0 Å². The number of hydrogen-bond donors (Lipinski definition) is 2. The minimum Gasteiger partial charge on any atom is -0.481 e. The summed E-state index contributed by atoms with van der Waals surface area (Å²) in [7, 11) is 0. The van der Waals surface area contributed by atoms with Crippen LogP contribution in [0.1, 0.15) is 41.0 Å². The second-order valence-corrected chi connectivity index (χ2v) is 6.20. The van der Waals surface area contributed by atoms with E-state index in [1.54, 1.807) is 6.92 Å². The molecule has 2 aromatic rings. The zero-order valence-corrected chi connectivity index (χ0v) is 11.7. The SMILES string of the molecule is CC1(C(=O)O)C2c3ccccc3C(c3ccccc32)C1O. The summed E-state index contributed by atoms with van der Waals surface area (Å²) in [6.07, 6.45) is -0.912. The molecule has 106 valence electrons. The smallest absolute Gasteiger partial charge is 0.313 e. The largest absolute Gasteiger partial charge is 0.481 e. The average Bonchev–Trinajstić information content (AvgIpc) is 2.50. The fraction of sp³-hybridized carbons (Fsp3) is 0.278. The fourth-order valence-electron chi connectivity index (χ4n) is 4.20. The van der Waals surface area contributed by atoms with Gasteiger partial charge >= 0.3 is 5.97 Å². The lowest BCUT2D eigenvalue weighted by Gasteiger charge is -2.52. The van der Waals surface area contributed by atoms with Crippen LogP contribution in [-0.2, 0) is 4.79 Å². The van der Waals surface area contributed by atoms with Gasteiger partial charge in [0.05, 0.1) is 6.10 Å². The van der Waals surface area contributed by atoms with Gasteiger partial charge in [-0.3, -0.25) is 4.79 Å². The van der Waals surface area contributed by atoms with E-state index in [0.717, 1.165) is 22.3 Å². The molecule has 0 saturated heterocycles. The van der Waals surface area contributed by atoms with Crippen molar-refractivity contribution in [2.45, 2.75) is 24.9 Å². The third-order valence-corrected chi connectivity index (χ3v) is 5.27. The highest BCUT2D eigenvalue weighted by Crippen LogP contribution is 2.60. The van der Waals surface area contributed by atoms with Crippen LogP contribution < -0.4 is 0 Å². The first-order valence-corrected chi connectivity index (χ1v) is 7.16. The van der Waals surface area contributed by atoms with Crippen molar-refractivity contribution in [3.63, 3.8) is 0 Å². The molecule has 2 N–H and O–H groups in total. The van der Waals surface area contributed by atoms with Crippen LogP contribution in [0.5, 0.6) is 0 Å². The second kappa shape index (κ2) is 3.95. The number of fused-ring (bicyclic) bond motifs is 1. The van der Waals surface area contributed by atoms with Gasteiger partial charge in [-0.05, 0) is 29.2 Å². The van der Waals surface area contributed by atoms with E-state index in [0.29, 0.717) is 0 Å². The molecule has 0 fully saturated rings. The lowest BCUT2D eigenvalue weighted by Crippen LogP contribution is -2.54. The van der Waals surface area contributed by atoms with Gasteiger partial charge < -0.3 is 10.2 Å². The molecule has 0 radical (unpaired) electrons. The predicted molar refractivity (Wildman–Crippen MR) is 78.3 cm³/mol. The van der Waals surface area contributed by atoms with E-state index in [-0.39, 0.29) is 11.8 Å². The highest BCUT2D eigenvalue weighted by Gasteiger charge is 2.60. The fourth-order valence-corrected chi connectivity index (χ4v) is 4.20. The molecule has 21 heavy (non-hydrogen) atoms. The molecule has 2 atom stereocenters. The molecule has 0 spiro atoms. The Morgan fingerprint density at radius 3 is 1.81 bits per heavy atom. The maximum absolute atomic E-state index is 11.9. The number of carboxylic acid groups (broad SMARTS) is 1. The third-order valence-electron chi connectivity index (χ3n) is 5.27. The Hall–Kier alpha value is -2.13. The Balaban J connectivity index is 2.10. The molecule has 3 aliphatic rings. The molecule has 0 aromatic heterocycles. The molecule has 2 unspecified atom stereocenters. The molecule has 3 nitrogen and oxygen atoms in total. The van der Waals surface area contributed by atoms with Gasteiger partial charge in [-0.25, -0.2) is 0 Å². The zero-order chi connectivity index (χ0) is 14.8. The lowest BCUT2D eigenvalue weighted by atomic mass is 9.51. The van der Waals surface area contributed by atoms with Crippen molar-refractivity contribution in [3.05, 3.63) is 70.8 Å². The van der Waals surface area contributed by atoms with Crippen LogP contribution in [-0.4, -0.2) is 22.3 Å². The van der Waals surface area contributed by atoms with Gasteiger partial charge in [0, 0.05) is 11.8 Å². The summed E-state index contributed by atoms with van der Waals surface area (Å²) in [6, 6.07) is 15.8. The van der Waals surface area contributed by atoms with E-state index in [1.807, 2.05) is 48.5 Å². The first-order valence-electron chi connectivity index (χ1n) is 7.16. The van der Waals surface area contributed by atoms with Crippen molar-refractivity contribution in [2.75, 3.05) is 0 Å². The van der Waals surface area contributed by atoms with Crippen molar-refractivity contribution >= 4 is 5.97 Å². The van der Waals surface area contributed by atoms with Gasteiger partial charge in [0.2, 0.25) is 0 Å². The molecule has 2 aromatic carbocycles. The molecule has 0 saturated carbocycles. The van der Waals surface area contributed by atoms with Crippen LogP contribution in [0.2, 0.25) is 0 Å². The minimum absolute atomic E-state index is 0.261. The average molecular weight is 280 g/mol. The van der Waals surface area contributed by atoms with Crippen LogP contribution in [0.15, 0.2) is 48.5 Å². The topological polar surface area (TPSA) is 57.5 Å². The number of aliphatic carboxylic acids is 1. The van der Waals surface area contributed by atoms with E-state index in [2.05, 4.69) is 0 Å². The van der Waals surface area contributed by atoms with Gasteiger partial charge in [-0.1, -0.05) is 48.5 Å². The number of aliphatic hydroxyl groups is 1. The highest BCUT2D eigenvalue weighted by atomic mass is 16.4. The van der Waals surface area contributed by atoms with Crippen molar-refractivity contribution in [1.29, 1.82) is 0 Å². The molecule has 0 amide bonds. The molecule has 2 bridgehead atoms. The Morgan fingerprint density at radius 1 is 0.952 bits per heavy atom. The summed E-state index contributed by atoms with van der Waals surface area (Å²) in [6.45, 7) is 1.67. The van der Waals surface area contributed by atoms with Crippen LogP contribution in [0.4, 0.5) is 0 Å². The number of rotatable bonds is 1. The molecular formula is C18H16O3.